The monoisotopic (exact) mass is 486 g/mol. The molecule has 4 aromatic rings. The van der Waals surface area contributed by atoms with Gasteiger partial charge in [-0.3, -0.25) is 0 Å². The van der Waals surface area contributed by atoms with Crippen LogP contribution < -0.4 is 14.2 Å². The molecule has 0 aliphatic carbocycles. The molecule has 0 radical (unpaired) electrons. The number of nitrogens with zero attached hydrogens (tertiary/aromatic N) is 2. The van der Waals surface area contributed by atoms with Gasteiger partial charge in [-0.25, -0.2) is 9.78 Å². The molecule has 7 nitrogen and oxygen atoms in total. The summed E-state index contributed by atoms with van der Waals surface area (Å²) in [6.45, 7) is 6.58. The van der Waals surface area contributed by atoms with Crippen LogP contribution in [-0.4, -0.2) is 29.6 Å². The van der Waals surface area contributed by atoms with E-state index in [0.29, 0.717) is 36.3 Å². The van der Waals surface area contributed by atoms with Crippen molar-refractivity contribution in [3.63, 3.8) is 0 Å². The Kier molecular flexibility index (Phi) is 7.90. The molecule has 1 atom stereocenters. The molecular weight excluding hydrogens is 456 g/mol. The fraction of sp³-hybridized carbons (Fsp3) is 0.241. The van der Waals surface area contributed by atoms with Gasteiger partial charge in [0, 0.05) is 12.1 Å². The third-order valence-electron chi connectivity index (χ3n) is 5.96. The molecule has 0 aliphatic rings. The van der Waals surface area contributed by atoms with Gasteiger partial charge in [-0.1, -0.05) is 30.3 Å². The number of rotatable bonds is 9. The van der Waals surface area contributed by atoms with Crippen molar-refractivity contribution in [2.75, 3.05) is 13.7 Å². The molecule has 1 heterocycles. The molecule has 3 aromatic carbocycles. The number of carbonyl (C=O) groups excluding carboxylic acids is 1. The van der Waals surface area contributed by atoms with Crippen molar-refractivity contribution < 1.29 is 23.4 Å². The molecular formula is C29H30N2O5. The Balaban J connectivity index is 1.37. The summed E-state index contributed by atoms with van der Waals surface area (Å²) >= 11 is 0. The summed E-state index contributed by atoms with van der Waals surface area (Å²) in [5.41, 5.74) is 2.65. The fourth-order valence-corrected chi connectivity index (χ4v) is 3.80. The van der Waals surface area contributed by atoms with Crippen molar-refractivity contribution in [1.82, 2.24) is 9.88 Å². The lowest BCUT2D eigenvalue weighted by atomic mass is 10.1. The minimum atomic E-state index is -0.411. The van der Waals surface area contributed by atoms with Gasteiger partial charge >= 0.3 is 6.09 Å². The molecule has 1 unspecified atom stereocenters. The Hall–Kier alpha value is -4.26. The maximum atomic E-state index is 12.8. The second kappa shape index (κ2) is 11.4. The van der Waals surface area contributed by atoms with Crippen LogP contribution in [0.5, 0.6) is 17.2 Å². The van der Waals surface area contributed by atoms with Gasteiger partial charge in [-0.15, -0.1) is 0 Å². The van der Waals surface area contributed by atoms with Crippen LogP contribution in [0.3, 0.4) is 0 Å². The van der Waals surface area contributed by atoms with Crippen LogP contribution in [0.2, 0.25) is 0 Å². The fourth-order valence-electron chi connectivity index (χ4n) is 3.80. The van der Waals surface area contributed by atoms with Crippen LogP contribution in [0, 0.1) is 6.92 Å². The maximum Gasteiger partial charge on any atom is 0.415 e. The van der Waals surface area contributed by atoms with Crippen molar-refractivity contribution in [1.29, 1.82) is 0 Å². The first-order valence-electron chi connectivity index (χ1n) is 11.9. The Morgan fingerprint density at radius 2 is 1.58 bits per heavy atom. The summed E-state index contributed by atoms with van der Waals surface area (Å²) in [5.74, 6) is 3.19. The molecule has 36 heavy (non-hydrogen) atoms. The minimum Gasteiger partial charge on any atom is -0.497 e. The number of aromatic nitrogens is 1. The van der Waals surface area contributed by atoms with Crippen molar-refractivity contribution in [2.45, 2.75) is 33.4 Å². The summed E-state index contributed by atoms with van der Waals surface area (Å²) in [6, 6.07) is 24.2. The molecule has 0 spiro atoms. The highest BCUT2D eigenvalue weighted by molar-refractivity contribution is 5.71. The maximum absolute atomic E-state index is 12.8. The number of ether oxygens (including phenoxy) is 3. The number of hydrogen-bond acceptors (Lipinski definition) is 6. The van der Waals surface area contributed by atoms with Crippen LogP contribution in [0.1, 0.15) is 36.9 Å². The van der Waals surface area contributed by atoms with E-state index >= 15 is 0 Å². The summed E-state index contributed by atoms with van der Waals surface area (Å²) in [7, 11) is 1.59. The molecule has 0 bridgehead atoms. The van der Waals surface area contributed by atoms with Gasteiger partial charge in [0.1, 0.15) is 35.3 Å². The molecule has 0 saturated carbocycles. The second-order valence-electron chi connectivity index (χ2n) is 8.25. The largest absolute Gasteiger partial charge is 0.497 e. The van der Waals surface area contributed by atoms with Gasteiger partial charge in [0.25, 0.3) is 0 Å². The highest BCUT2D eigenvalue weighted by atomic mass is 16.6. The second-order valence-corrected chi connectivity index (χ2v) is 8.25. The zero-order valence-electron chi connectivity index (χ0n) is 20.9. The van der Waals surface area contributed by atoms with Crippen LogP contribution in [0.25, 0.3) is 11.5 Å². The van der Waals surface area contributed by atoms with Gasteiger partial charge in [0.05, 0.1) is 13.2 Å². The summed E-state index contributed by atoms with van der Waals surface area (Å²) in [5, 5.41) is 0. The lowest BCUT2D eigenvalue weighted by Crippen LogP contribution is -2.35. The smallest absolute Gasteiger partial charge is 0.415 e. The number of carbonyl (C=O) groups is 1. The first-order chi connectivity index (χ1) is 17.5. The number of amides is 1. The number of hydrogen-bond donors (Lipinski definition) is 0. The van der Waals surface area contributed by atoms with E-state index in [0.717, 1.165) is 22.6 Å². The van der Waals surface area contributed by atoms with E-state index in [4.69, 9.17) is 18.6 Å². The number of oxazole rings is 1. The average Bonchev–Trinajstić information content (AvgIpc) is 3.29. The van der Waals surface area contributed by atoms with Crippen molar-refractivity contribution in [3.8, 4) is 28.7 Å². The van der Waals surface area contributed by atoms with Crippen LogP contribution in [0.15, 0.2) is 83.3 Å². The first-order valence-corrected chi connectivity index (χ1v) is 11.9. The SMILES string of the molecule is CCN(C(=O)Oc1ccc(OC)cc1)C(C)c1ccc(OCc2nc(-c3ccccc3)oc2C)cc1. The number of benzene rings is 3. The number of aryl methyl sites for hydroxylation is 1. The molecule has 0 fully saturated rings. The lowest BCUT2D eigenvalue weighted by molar-refractivity contribution is 0.138. The predicted octanol–water partition coefficient (Wildman–Crippen LogP) is 6.82. The molecule has 1 amide bonds. The van der Waals surface area contributed by atoms with Gasteiger partial charge in [0.15, 0.2) is 0 Å². The molecule has 186 valence electrons. The highest BCUT2D eigenvalue weighted by Gasteiger charge is 2.22. The summed E-state index contributed by atoms with van der Waals surface area (Å²) < 4.78 is 22.5. The highest BCUT2D eigenvalue weighted by Crippen LogP contribution is 2.26. The van der Waals surface area contributed by atoms with Crippen molar-refractivity contribution in [3.05, 3.63) is 95.9 Å². The summed E-state index contributed by atoms with van der Waals surface area (Å²) in [6.07, 6.45) is -0.411. The molecule has 1 aromatic heterocycles. The van der Waals surface area contributed by atoms with Crippen LogP contribution in [-0.2, 0) is 6.61 Å². The van der Waals surface area contributed by atoms with Crippen molar-refractivity contribution >= 4 is 6.09 Å². The first kappa shape index (κ1) is 24.9. The molecule has 0 N–H and O–H groups in total. The average molecular weight is 487 g/mol. The molecule has 0 saturated heterocycles. The van der Waals surface area contributed by atoms with E-state index in [1.54, 1.807) is 36.3 Å². The van der Waals surface area contributed by atoms with E-state index in [1.165, 1.54) is 0 Å². The van der Waals surface area contributed by atoms with Gasteiger partial charge < -0.3 is 23.5 Å². The molecule has 7 heteroatoms. The normalized spacial score (nSPS) is 11.6. The summed E-state index contributed by atoms with van der Waals surface area (Å²) in [4.78, 5) is 19.1. The predicted molar refractivity (Wildman–Crippen MR) is 137 cm³/mol. The van der Waals surface area contributed by atoms with Crippen molar-refractivity contribution in [2.24, 2.45) is 0 Å². The third kappa shape index (κ3) is 5.86. The standard InChI is InChI=1S/C29H30N2O5/c1-5-31(29(32)36-26-17-15-24(33-4)16-18-26)20(2)22-11-13-25(14-12-22)34-19-27-21(3)35-28(30-27)23-9-7-6-8-10-23/h6-18,20H,5,19H2,1-4H3. The van der Waals surface area contributed by atoms with Gasteiger partial charge in [-0.2, -0.15) is 0 Å². The van der Waals surface area contributed by atoms with E-state index < -0.39 is 6.09 Å². The van der Waals surface area contributed by atoms with Crippen LogP contribution in [0.4, 0.5) is 4.79 Å². The zero-order valence-corrected chi connectivity index (χ0v) is 20.9. The van der Waals surface area contributed by atoms with E-state index in [-0.39, 0.29) is 6.04 Å². The molecule has 4 rings (SSSR count). The quantitative estimate of drug-likeness (QED) is 0.258. The van der Waals surface area contributed by atoms with E-state index in [1.807, 2.05) is 75.4 Å². The Morgan fingerprint density at radius 1 is 0.944 bits per heavy atom. The van der Waals surface area contributed by atoms with Gasteiger partial charge in [-0.05, 0) is 74.9 Å². The van der Waals surface area contributed by atoms with Crippen LogP contribution >= 0.6 is 0 Å². The Morgan fingerprint density at radius 3 is 2.22 bits per heavy atom. The molecule has 0 aliphatic heterocycles. The van der Waals surface area contributed by atoms with E-state index in [9.17, 15) is 4.79 Å². The lowest BCUT2D eigenvalue weighted by Gasteiger charge is -2.27. The third-order valence-corrected chi connectivity index (χ3v) is 5.96. The van der Waals surface area contributed by atoms with E-state index in [2.05, 4.69) is 4.98 Å². The topological polar surface area (TPSA) is 74.0 Å². The Bertz CT molecular complexity index is 1270. The minimum absolute atomic E-state index is 0.180. The Labute approximate surface area is 211 Å². The van der Waals surface area contributed by atoms with Gasteiger partial charge in [0.2, 0.25) is 5.89 Å². The zero-order chi connectivity index (χ0) is 25.5. The number of methoxy groups -OCH3 is 1.